The first-order chi connectivity index (χ1) is 7.65. The highest BCUT2D eigenvalue weighted by Crippen LogP contribution is 2.20. The van der Waals surface area contributed by atoms with E-state index in [0.717, 1.165) is 13.0 Å². The molecule has 0 fully saturated rings. The van der Waals surface area contributed by atoms with Gasteiger partial charge in [-0.05, 0) is 32.0 Å². The van der Waals surface area contributed by atoms with Crippen molar-refractivity contribution in [2.24, 2.45) is 0 Å². The molecule has 88 valence electrons. The molecule has 0 aliphatic rings. The Morgan fingerprint density at radius 1 is 1.50 bits per heavy atom. The van der Waals surface area contributed by atoms with Gasteiger partial charge in [0.2, 0.25) is 0 Å². The van der Waals surface area contributed by atoms with Crippen LogP contribution in [-0.4, -0.2) is 12.6 Å². The normalized spacial score (nSPS) is 13.2. The molecule has 0 aliphatic heterocycles. The van der Waals surface area contributed by atoms with Crippen molar-refractivity contribution >= 4 is 17.7 Å². The summed E-state index contributed by atoms with van der Waals surface area (Å²) in [6.45, 7) is 5.09. The molecule has 1 nitrogen and oxygen atoms in total. The number of hydrogen-bond acceptors (Lipinski definition) is 1. The van der Waals surface area contributed by atoms with E-state index in [9.17, 15) is 4.39 Å². The largest absolute Gasteiger partial charge is 0.311 e. The number of rotatable bonds is 5. The standard InChI is InChI=1S/C13H17ClFN/c1-3-9-16-10(2)7-8-11-12(14)5-4-6-13(11)15/h4-8,10,16H,3,9H2,1-2H3/b8-7+. The summed E-state index contributed by atoms with van der Waals surface area (Å²) in [5.74, 6) is -0.286. The van der Waals surface area contributed by atoms with Crippen LogP contribution in [-0.2, 0) is 0 Å². The fourth-order valence-electron chi connectivity index (χ4n) is 1.35. The first-order valence-corrected chi connectivity index (χ1v) is 5.88. The van der Waals surface area contributed by atoms with Crippen LogP contribution in [0.2, 0.25) is 5.02 Å². The van der Waals surface area contributed by atoms with Crippen molar-refractivity contribution in [3.63, 3.8) is 0 Å². The van der Waals surface area contributed by atoms with Crippen LogP contribution < -0.4 is 5.32 Å². The molecule has 0 radical (unpaired) electrons. The zero-order valence-corrected chi connectivity index (χ0v) is 10.4. The van der Waals surface area contributed by atoms with Crippen molar-refractivity contribution in [1.29, 1.82) is 0 Å². The van der Waals surface area contributed by atoms with Gasteiger partial charge in [0, 0.05) is 11.6 Å². The van der Waals surface area contributed by atoms with Gasteiger partial charge in [-0.25, -0.2) is 4.39 Å². The van der Waals surface area contributed by atoms with E-state index in [1.54, 1.807) is 18.2 Å². The Morgan fingerprint density at radius 2 is 2.25 bits per heavy atom. The fourth-order valence-corrected chi connectivity index (χ4v) is 1.58. The molecule has 1 aromatic rings. The van der Waals surface area contributed by atoms with Gasteiger partial charge in [0.15, 0.2) is 0 Å². The van der Waals surface area contributed by atoms with Crippen molar-refractivity contribution in [1.82, 2.24) is 5.32 Å². The predicted octanol–water partition coefficient (Wildman–Crippen LogP) is 3.88. The molecule has 0 saturated heterocycles. The van der Waals surface area contributed by atoms with Crippen LogP contribution in [0.15, 0.2) is 24.3 Å². The maximum absolute atomic E-state index is 13.4. The van der Waals surface area contributed by atoms with Gasteiger partial charge in [-0.1, -0.05) is 36.7 Å². The van der Waals surface area contributed by atoms with E-state index in [2.05, 4.69) is 12.2 Å². The second-order valence-corrected chi connectivity index (χ2v) is 4.14. The van der Waals surface area contributed by atoms with Crippen molar-refractivity contribution in [3.05, 3.63) is 40.7 Å². The van der Waals surface area contributed by atoms with Gasteiger partial charge in [0.25, 0.3) is 0 Å². The molecule has 0 saturated carbocycles. The molecular formula is C13H17ClFN. The van der Waals surface area contributed by atoms with Crippen LogP contribution in [0.4, 0.5) is 4.39 Å². The van der Waals surface area contributed by atoms with Crippen LogP contribution in [0.5, 0.6) is 0 Å². The monoisotopic (exact) mass is 241 g/mol. The van der Waals surface area contributed by atoms with E-state index in [-0.39, 0.29) is 11.9 Å². The summed E-state index contributed by atoms with van der Waals surface area (Å²) < 4.78 is 13.4. The quantitative estimate of drug-likeness (QED) is 0.825. The first-order valence-electron chi connectivity index (χ1n) is 5.50. The Kier molecular flexibility index (Phi) is 5.50. The molecule has 0 amide bonds. The van der Waals surface area contributed by atoms with E-state index < -0.39 is 0 Å². The molecule has 1 N–H and O–H groups in total. The summed E-state index contributed by atoms with van der Waals surface area (Å²) in [6, 6.07) is 4.92. The van der Waals surface area contributed by atoms with Gasteiger partial charge in [0.1, 0.15) is 5.82 Å². The number of nitrogens with one attached hydrogen (secondary N) is 1. The van der Waals surface area contributed by atoms with E-state index in [4.69, 9.17) is 11.6 Å². The second-order valence-electron chi connectivity index (χ2n) is 3.74. The van der Waals surface area contributed by atoms with Crippen LogP contribution in [0, 0.1) is 5.82 Å². The van der Waals surface area contributed by atoms with Crippen molar-refractivity contribution < 1.29 is 4.39 Å². The van der Waals surface area contributed by atoms with Gasteiger partial charge >= 0.3 is 0 Å². The predicted molar refractivity (Wildman–Crippen MR) is 68.2 cm³/mol. The first kappa shape index (κ1) is 13.2. The lowest BCUT2D eigenvalue weighted by Crippen LogP contribution is -2.24. The third-order valence-corrected chi connectivity index (χ3v) is 2.60. The highest BCUT2D eigenvalue weighted by molar-refractivity contribution is 6.32. The summed E-state index contributed by atoms with van der Waals surface area (Å²) in [5.41, 5.74) is 0.453. The Hall–Kier alpha value is -0.860. The average Bonchev–Trinajstić information content (AvgIpc) is 2.25. The van der Waals surface area contributed by atoms with Crippen molar-refractivity contribution in [3.8, 4) is 0 Å². The molecule has 0 heterocycles. The van der Waals surface area contributed by atoms with Gasteiger partial charge in [-0.3, -0.25) is 0 Å². The minimum absolute atomic E-state index is 0.218. The fraction of sp³-hybridized carbons (Fsp3) is 0.385. The zero-order chi connectivity index (χ0) is 12.0. The molecule has 16 heavy (non-hydrogen) atoms. The minimum atomic E-state index is -0.286. The second kappa shape index (κ2) is 6.66. The van der Waals surface area contributed by atoms with Crippen LogP contribution in [0.3, 0.4) is 0 Å². The van der Waals surface area contributed by atoms with E-state index in [1.165, 1.54) is 6.07 Å². The molecule has 1 atom stereocenters. The molecule has 0 spiro atoms. The molecule has 0 aromatic heterocycles. The molecule has 1 rings (SSSR count). The Labute approximate surface area is 101 Å². The van der Waals surface area contributed by atoms with E-state index in [1.807, 2.05) is 13.0 Å². The summed E-state index contributed by atoms with van der Waals surface area (Å²) in [4.78, 5) is 0. The Balaban J connectivity index is 2.68. The lowest BCUT2D eigenvalue weighted by Gasteiger charge is -2.08. The zero-order valence-electron chi connectivity index (χ0n) is 9.63. The summed E-state index contributed by atoms with van der Waals surface area (Å²) in [6.07, 6.45) is 4.73. The minimum Gasteiger partial charge on any atom is -0.311 e. The molecule has 3 heteroatoms. The molecule has 0 aliphatic carbocycles. The maximum atomic E-state index is 13.4. The molecule has 1 aromatic carbocycles. The summed E-state index contributed by atoms with van der Waals surface area (Å²) >= 11 is 5.91. The van der Waals surface area contributed by atoms with Gasteiger partial charge in [-0.15, -0.1) is 0 Å². The van der Waals surface area contributed by atoms with Crippen molar-refractivity contribution in [2.45, 2.75) is 26.3 Å². The lowest BCUT2D eigenvalue weighted by molar-refractivity contribution is 0.620. The molecule has 0 bridgehead atoms. The van der Waals surface area contributed by atoms with Gasteiger partial charge < -0.3 is 5.32 Å². The van der Waals surface area contributed by atoms with E-state index in [0.29, 0.717) is 10.6 Å². The lowest BCUT2D eigenvalue weighted by atomic mass is 10.1. The number of halogens is 2. The molecule has 1 unspecified atom stereocenters. The Morgan fingerprint density at radius 3 is 2.88 bits per heavy atom. The van der Waals surface area contributed by atoms with Crippen LogP contribution in [0.1, 0.15) is 25.8 Å². The van der Waals surface area contributed by atoms with Crippen LogP contribution >= 0.6 is 11.6 Å². The van der Waals surface area contributed by atoms with Gasteiger partial charge in [0.05, 0.1) is 5.02 Å². The smallest absolute Gasteiger partial charge is 0.131 e. The number of hydrogen-bond donors (Lipinski definition) is 1. The number of benzene rings is 1. The highest BCUT2D eigenvalue weighted by atomic mass is 35.5. The maximum Gasteiger partial charge on any atom is 0.131 e. The topological polar surface area (TPSA) is 12.0 Å². The average molecular weight is 242 g/mol. The third kappa shape index (κ3) is 3.95. The summed E-state index contributed by atoms with van der Waals surface area (Å²) in [7, 11) is 0. The van der Waals surface area contributed by atoms with Gasteiger partial charge in [-0.2, -0.15) is 0 Å². The third-order valence-electron chi connectivity index (χ3n) is 2.27. The van der Waals surface area contributed by atoms with Crippen molar-refractivity contribution in [2.75, 3.05) is 6.54 Å². The van der Waals surface area contributed by atoms with Crippen LogP contribution in [0.25, 0.3) is 6.08 Å². The summed E-state index contributed by atoms with van der Waals surface area (Å²) in [5, 5.41) is 3.73. The molecular weight excluding hydrogens is 225 g/mol. The highest BCUT2D eigenvalue weighted by Gasteiger charge is 2.03. The SMILES string of the molecule is CCCNC(C)/C=C/c1c(F)cccc1Cl. The van der Waals surface area contributed by atoms with E-state index >= 15 is 0 Å². The Bertz CT molecular complexity index is 343.